The van der Waals surface area contributed by atoms with Crippen molar-refractivity contribution in [2.75, 3.05) is 20.3 Å². The summed E-state index contributed by atoms with van der Waals surface area (Å²) in [6, 6.07) is 0.385. The predicted molar refractivity (Wildman–Crippen MR) is 51.3 cm³/mol. The summed E-state index contributed by atoms with van der Waals surface area (Å²) in [7, 11) is 1.65. The number of nitrogens with two attached hydrogens (primary N) is 1. The number of guanidine groups is 1. The summed E-state index contributed by atoms with van der Waals surface area (Å²) < 4.78 is 4.83. The van der Waals surface area contributed by atoms with E-state index >= 15 is 0 Å². The second-order valence-electron chi connectivity index (χ2n) is 2.71. The lowest BCUT2D eigenvalue weighted by molar-refractivity contribution is 0.208. The first-order valence-corrected chi connectivity index (χ1v) is 4.26. The van der Waals surface area contributed by atoms with Crippen LogP contribution in [0.15, 0.2) is 4.99 Å². The van der Waals surface area contributed by atoms with Crippen LogP contribution < -0.4 is 11.1 Å². The van der Waals surface area contributed by atoms with E-state index in [0.717, 1.165) is 6.42 Å². The summed E-state index contributed by atoms with van der Waals surface area (Å²) in [5.74, 6) is 0.501. The maximum absolute atomic E-state index is 5.57. The van der Waals surface area contributed by atoms with Crippen molar-refractivity contribution in [3.05, 3.63) is 0 Å². The van der Waals surface area contributed by atoms with Crippen LogP contribution in [0.25, 0.3) is 0 Å². The molecule has 0 aliphatic rings. The van der Waals surface area contributed by atoms with Crippen molar-refractivity contribution in [3.8, 4) is 0 Å². The van der Waals surface area contributed by atoms with Gasteiger partial charge in [-0.1, -0.05) is 6.92 Å². The molecule has 0 rings (SSSR count). The van der Waals surface area contributed by atoms with Crippen LogP contribution in [0, 0.1) is 0 Å². The lowest BCUT2D eigenvalue weighted by atomic mass is 10.3. The Morgan fingerprint density at radius 1 is 1.67 bits per heavy atom. The van der Waals surface area contributed by atoms with Crippen molar-refractivity contribution >= 4 is 5.96 Å². The lowest BCUT2D eigenvalue weighted by Gasteiger charge is -2.11. The van der Waals surface area contributed by atoms with E-state index in [-0.39, 0.29) is 0 Å². The molecule has 0 bridgehead atoms. The highest BCUT2D eigenvalue weighted by atomic mass is 16.5. The highest BCUT2D eigenvalue weighted by Crippen LogP contribution is 1.85. The van der Waals surface area contributed by atoms with Gasteiger partial charge < -0.3 is 15.8 Å². The van der Waals surface area contributed by atoms with Gasteiger partial charge in [-0.15, -0.1) is 0 Å². The van der Waals surface area contributed by atoms with Gasteiger partial charge in [0.25, 0.3) is 0 Å². The maximum Gasteiger partial charge on any atom is 0.188 e. The summed E-state index contributed by atoms with van der Waals surface area (Å²) in [5, 5.41) is 3.06. The molecule has 4 nitrogen and oxygen atoms in total. The van der Waals surface area contributed by atoms with Crippen LogP contribution in [0.5, 0.6) is 0 Å². The third-order valence-corrected chi connectivity index (χ3v) is 1.58. The molecule has 4 heteroatoms. The van der Waals surface area contributed by atoms with Gasteiger partial charge in [0.15, 0.2) is 5.96 Å². The molecule has 0 aliphatic heterocycles. The van der Waals surface area contributed by atoms with Crippen molar-refractivity contribution in [1.82, 2.24) is 5.32 Å². The smallest absolute Gasteiger partial charge is 0.188 e. The molecule has 0 aromatic heterocycles. The lowest BCUT2D eigenvalue weighted by Crippen LogP contribution is -2.38. The molecule has 0 spiro atoms. The summed E-state index contributed by atoms with van der Waals surface area (Å²) in [4.78, 5) is 4.06. The van der Waals surface area contributed by atoms with E-state index in [2.05, 4.69) is 24.2 Å². The fraction of sp³-hybridized carbons (Fsp3) is 0.875. The Morgan fingerprint density at radius 3 is 2.83 bits per heavy atom. The minimum absolute atomic E-state index is 0.385. The van der Waals surface area contributed by atoms with E-state index in [1.165, 1.54) is 0 Å². The predicted octanol–water partition coefficient (Wildman–Crippen LogP) is 0.336. The molecule has 0 fully saturated rings. The minimum atomic E-state index is 0.385. The zero-order valence-corrected chi connectivity index (χ0v) is 8.13. The van der Waals surface area contributed by atoms with Gasteiger partial charge in [-0.3, -0.25) is 4.99 Å². The Hall–Kier alpha value is -0.770. The molecular weight excluding hydrogens is 154 g/mol. The number of hydrogen-bond acceptors (Lipinski definition) is 2. The molecule has 0 amide bonds. The standard InChI is InChI=1S/C8H19N3O/c1-4-7(2)11-8(9)10-5-6-12-3/h7H,4-6H2,1-3H3,(H3,9,10,11). The Bertz CT molecular complexity index is 136. The van der Waals surface area contributed by atoms with Gasteiger partial charge in [0.05, 0.1) is 13.2 Å². The van der Waals surface area contributed by atoms with Crippen LogP contribution in [0.4, 0.5) is 0 Å². The summed E-state index contributed by atoms with van der Waals surface area (Å²) >= 11 is 0. The number of rotatable bonds is 5. The van der Waals surface area contributed by atoms with Gasteiger partial charge in [-0.2, -0.15) is 0 Å². The molecule has 0 aromatic rings. The molecule has 3 N–H and O–H groups in total. The van der Waals surface area contributed by atoms with Crippen molar-refractivity contribution in [2.24, 2.45) is 10.7 Å². The van der Waals surface area contributed by atoms with Crippen LogP contribution in [0.2, 0.25) is 0 Å². The Morgan fingerprint density at radius 2 is 2.33 bits per heavy atom. The van der Waals surface area contributed by atoms with Gasteiger partial charge >= 0.3 is 0 Å². The second kappa shape index (κ2) is 6.91. The average Bonchev–Trinajstić information content (AvgIpc) is 2.05. The zero-order valence-electron chi connectivity index (χ0n) is 8.13. The van der Waals surface area contributed by atoms with Gasteiger partial charge in [0.2, 0.25) is 0 Å². The first-order chi connectivity index (χ1) is 5.70. The van der Waals surface area contributed by atoms with Crippen LogP contribution in [-0.4, -0.2) is 32.3 Å². The number of methoxy groups -OCH3 is 1. The number of nitrogens with zero attached hydrogens (tertiary/aromatic N) is 1. The van der Waals surface area contributed by atoms with Crippen molar-refractivity contribution < 1.29 is 4.74 Å². The Balaban J connectivity index is 3.54. The van der Waals surface area contributed by atoms with Gasteiger partial charge in [-0.25, -0.2) is 0 Å². The van der Waals surface area contributed by atoms with Crippen molar-refractivity contribution in [1.29, 1.82) is 0 Å². The average molecular weight is 173 g/mol. The normalized spacial score (nSPS) is 14.4. The fourth-order valence-electron chi connectivity index (χ4n) is 0.658. The second-order valence-corrected chi connectivity index (χ2v) is 2.71. The molecule has 0 radical (unpaired) electrons. The van der Waals surface area contributed by atoms with Crippen LogP contribution >= 0.6 is 0 Å². The molecule has 1 atom stereocenters. The summed E-state index contributed by atoms with van der Waals surface area (Å²) in [6.07, 6.45) is 1.04. The van der Waals surface area contributed by atoms with E-state index in [1.54, 1.807) is 7.11 Å². The van der Waals surface area contributed by atoms with E-state index in [1.807, 2.05) is 0 Å². The molecule has 1 unspecified atom stereocenters. The van der Waals surface area contributed by atoms with E-state index < -0.39 is 0 Å². The molecule has 0 aromatic carbocycles. The highest BCUT2D eigenvalue weighted by Gasteiger charge is 1.97. The molecular formula is C8H19N3O. The zero-order chi connectivity index (χ0) is 9.40. The number of ether oxygens (including phenoxy) is 1. The highest BCUT2D eigenvalue weighted by molar-refractivity contribution is 5.78. The minimum Gasteiger partial charge on any atom is -0.383 e. The Kier molecular flexibility index (Phi) is 6.47. The Labute approximate surface area is 74.2 Å². The van der Waals surface area contributed by atoms with Gasteiger partial charge in [0, 0.05) is 13.2 Å². The van der Waals surface area contributed by atoms with E-state index in [4.69, 9.17) is 10.5 Å². The monoisotopic (exact) mass is 173 g/mol. The van der Waals surface area contributed by atoms with Gasteiger partial charge in [-0.05, 0) is 13.3 Å². The van der Waals surface area contributed by atoms with Crippen molar-refractivity contribution in [3.63, 3.8) is 0 Å². The summed E-state index contributed by atoms with van der Waals surface area (Å²) in [5.41, 5.74) is 5.57. The van der Waals surface area contributed by atoms with Crippen LogP contribution in [0.1, 0.15) is 20.3 Å². The maximum atomic E-state index is 5.57. The van der Waals surface area contributed by atoms with Crippen LogP contribution in [0.3, 0.4) is 0 Å². The molecule has 0 heterocycles. The quantitative estimate of drug-likeness (QED) is 0.358. The topological polar surface area (TPSA) is 59.6 Å². The fourth-order valence-corrected chi connectivity index (χ4v) is 0.658. The van der Waals surface area contributed by atoms with Crippen LogP contribution in [-0.2, 0) is 4.74 Å². The molecule has 0 aliphatic carbocycles. The number of aliphatic imine (C=N–C) groups is 1. The molecule has 0 saturated heterocycles. The summed E-state index contributed by atoms with van der Waals surface area (Å²) in [6.45, 7) is 5.40. The largest absolute Gasteiger partial charge is 0.383 e. The SMILES string of the molecule is CCC(C)NC(N)=NCCOC. The van der Waals surface area contributed by atoms with E-state index in [0.29, 0.717) is 25.2 Å². The van der Waals surface area contributed by atoms with Crippen molar-refractivity contribution in [2.45, 2.75) is 26.3 Å². The third kappa shape index (κ3) is 5.97. The van der Waals surface area contributed by atoms with Gasteiger partial charge in [0.1, 0.15) is 0 Å². The molecule has 12 heavy (non-hydrogen) atoms. The third-order valence-electron chi connectivity index (χ3n) is 1.58. The molecule has 72 valence electrons. The number of hydrogen-bond donors (Lipinski definition) is 2. The van der Waals surface area contributed by atoms with E-state index in [9.17, 15) is 0 Å². The number of nitrogens with one attached hydrogen (secondary N) is 1. The first kappa shape index (κ1) is 11.2. The first-order valence-electron chi connectivity index (χ1n) is 4.26. The molecule has 0 saturated carbocycles.